The van der Waals surface area contributed by atoms with Crippen molar-refractivity contribution in [3.8, 4) is 0 Å². The predicted molar refractivity (Wildman–Crippen MR) is 71.1 cm³/mol. The molecule has 96 valence electrons. The SMILES string of the molecule is CC(C)C1CCCCC1NCc1ccc(Cl)o1. The number of hydrogen-bond acceptors (Lipinski definition) is 2. The van der Waals surface area contributed by atoms with Crippen LogP contribution in [0.5, 0.6) is 0 Å². The van der Waals surface area contributed by atoms with E-state index in [4.69, 9.17) is 16.0 Å². The summed E-state index contributed by atoms with van der Waals surface area (Å²) in [7, 11) is 0. The van der Waals surface area contributed by atoms with Crippen LogP contribution in [0.25, 0.3) is 0 Å². The van der Waals surface area contributed by atoms with E-state index < -0.39 is 0 Å². The van der Waals surface area contributed by atoms with Gasteiger partial charge in [0.25, 0.3) is 0 Å². The van der Waals surface area contributed by atoms with E-state index in [9.17, 15) is 0 Å². The van der Waals surface area contributed by atoms with E-state index in [1.165, 1.54) is 25.7 Å². The summed E-state index contributed by atoms with van der Waals surface area (Å²) in [5.41, 5.74) is 0. The summed E-state index contributed by atoms with van der Waals surface area (Å²) in [6, 6.07) is 4.38. The van der Waals surface area contributed by atoms with Crippen molar-refractivity contribution in [2.45, 2.75) is 52.1 Å². The highest BCUT2D eigenvalue weighted by Gasteiger charge is 2.27. The second-order valence-electron chi connectivity index (χ2n) is 5.39. The molecule has 1 heterocycles. The summed E-state index contributed by atoms with van der Waals surface area (Å²) >= 11 is 5.77. The van der Waals surface area contributed by atoms with Gasteiger partial charge in [-0.2, -0.15) is 0 Å². The Balaban J connectivity index is 1.88. The molecule has 1 aromatic rings. The van der Waals surface area contributed by atoms with E-state index in [2.05, 4.69) is 19.2 Å². The van der Waals surface area contributed by atoms with Gasteiger partial charge in [0, 0.05) is 6.04 Å². The van der Waals surface area contributed by atoms with Crippen LogP contribution in [0.15, 0.2) is 16.5 Å². The summed E-state index contributed by atoms with van der Waals surface area (Å²) in [5.74, 6) is 2.49. The van der Waals surface area contributed by atoms with Crippen molar-refractivity contribution in [1.82, 2.24) is 5.32 Å². The molecule has 1 saturated carbocycles. The Labute approximate surface area is 109 Å². The maximum atomic E-state index is 5.77. The molecule has 0 bridgehead atoms. The van der Waals surface area contributed by atoms with Gasteiger partial charge in [-0.05, 0) is 48.4 Å². The number of rotatable bonds is 4. The number of nitrogens with one attached hydrogen (secondary N) is 1. The largest absolute Gasteiger partial charge is 0.448 e. The van der Waals surface area contributed by atoms with Crippen molar-refractivity contribution in [3.63, 3.8) is 0 Å². The number of hydrogen-bond donors (Lipinski definition) is 1. The summed E-state index contributed by atoms with van der Waals surface area (Å²) in [6.45, 7) is 5.45. The molecule has 1 aromatic heterocycles. The molecule has 0 radical (unpaired) electrons. The molecule has 2 nitrogen and oxygen atoms in total. The van der Waals surface area contributed by atoms with Crippen LogP contribution in [0.4, 0.5) is 0 Å². The Bertz CT molecular complexity index is 348. The maximum absolute atomic E-state index is 5.77. The zero-order chi connectivity index (χ0) is 12.3. The summed E-state index contributed by atoms with van der Waals surface area (Å²) < 4.78 is 5.37. The van der Waals surface area contributed by atoms with Gasteiger partial charge in [-0.15, -0.1) is 0 Å². The molecular formula is C14H22ClNO. The van der Waals surface area contributed by atoms with Gasteiger partial charge in [0.1, 0.15) is 5.76 Å². The molecule has 1 aliphatic carbocycles. The molecule has 1 fully saturated rings. The van der Waals surface area contributed by atoms with Gasteiger partial charge in [-0.3, -0.25) is 0 Å². The highest BCUT2D eigenvalue weighted by Crippen LogP contribution is 2.30. The van der Waals surface area contributed by atoms with Crippen LogP contribution in [-0.4, -0.2) is 6.04 Å². The van der Waals surface area contributed by atoms with Crippen molar-refractivity contribution < 1.29 is 4.42 Å². The fourth-order valence-electron chi connectivity index (χ4n) is 2.89. The van der Waals surface area contributed by atoms with Gasteiger partial charge in [0.15, 0.2) is 5.22 Å². The highest BCUT2D eigenvalue weighted by atomic mass is 35.5. The topological polar surface area (TPSA) is 25.2 Å². The minimum atomic E-state index is 0.478. The molecule has 0 aromatic carbocycles. The third-order valence-corrected chi connectivity index (χ3v) is 4.05. The summed E-state index contributed by atoms with van der Waals surface area (Å²) in [5, 5.41) is 4.11. The van der Waals surface area contributed by atoms with Gasteiger partial charge in [0.05, 0.1) is 6.54 Å². The lowest BCUT2D eigenvalue weighted by Gasteiger charge is -2.34. The zero-order valence-electron chi connectivity index (χ0n) is 10.7. The van der Waals surface area contributed by atoms with Crippen LogP contribution >= 0.6 is 11.6 Å². The zero-order valence-corrected chi connectivity index (χ0v) is 11.5. The standard InChI is InChI=1S/C14H22ClNO/c1-10(2)12-5-3-4-6-13(12)16-9-11-7-8-14(15)17-11/h7-8,10,12-13,16H,3-6,9H2,1-2H3. The quantitative estimate of drug-likeness (QED) is 0.871. The van der Waals surface area contributed by atoms with Crippen LogP contribution in [0, 0.1) is 11.8 Å². The van der Waals surface area contributed by atoms with Crippen LogP contribution in [-0.2, 0) is 6.54 Å². The molecule has 0 spiro atoms. The van der Waals surface area contributed by atoms with Gasteiger partial charge in [-0.1, -0.05) is 26.7 Å². The minimum Gasteiger partial charge on any atom is -0.448 e. The monoisotopic (exact) mass is 255 g/mol. The average molecular weight is 256 g/mol. The third kappa shape index (κ3) is 3.49. The molecule has 0 aliphatic heterocycles. The molecular weight excluding hydrogens is 234 g/mol. The van der Waals surface area contributed by atoms with Crippen molar-refractivity contribution in [3.05, 3.63) is 23.1 Å². The van der Waals surface area contributed by atoms with Gasteiger partial charge in [-0.25, -0.2) is 0 Å². The smallest absolute Gasteiger partial charge is 0.193 e. The molecule has 2 unspecified atom stereocenters. The molecule has 17 heavy (non-hydrogen) atoms. The maximum Gasteiger partial charge on any atom is 0.193 e. The first-order valence-corrected chi connectivity index (χ1v) is 7.02. The van der Waals surface area contributed by atoms with Crippen molar-refractivity contribution >= 4 is 11.6 Å². The van der Waals surface area contributed by atoms with E-state index in [1.54, 1.807) is 6.07 Å². The molecule has 2 atom stereocenters. The molecule has 1 N–H and O–H groups in total. The molecule has 1 aliphatic rings. The molecule has 0 saturated heterocycles. The van der Waals surface area contributed by atoms with E-state index in [0.717, 1.165) is 24.1 Å². The number of furan rings is 1. The van der Waals surface area contributed by atoms with Crippen LogP contribution in [0.2, 0.25) is 5.22 Å². The van der Waals surface area contributed by atoms with Crippen LogP contribution in [0.1, 0.15) is 45.3 Å². The Hall–Kier alpha value is -0.470. The normalized spacial score (nSPS) is 25.4. The molecule has 0 amide bonds. The first kappa shape index (κ1) is 13.0. The van der Waals surface area contributed by atoms with E-state index in [1.807, 2.05) is 6.07 Å². The van der Waals surface area contributed by atoms with E-state index >= 15 is 0 Å². The van der Waals surface area contributed by atoms with Gasteiger partial charge >= 0.3 is 0 Å². The second-order valence-corrected chi connectivity index (χ2v) is 5.76. The second kappa shape index (κ2) is 5.92. The Morgan fingerprint density at radius 3 is 2.76 bits per heavy atom. The number of halogens is 1. The minimum absolute atomic E-state index is 0.478. The van der Waals surface area contributed by atoms with Crippen LogP contribution < -0.4 is 5.32 Å². The molecule has 2 rings (SSSR count). The van der Waals surface area contributed by atoms with Crippen molar-refractivity contribution in [2.75, 3.05) is 0 Å². The lowest BCUT2D eigenvalue weighted by Crippen LogP contribution is -2.40. The Kier molecular flexibility index (Phi) is 4.52. The van der Waals surface area contributed by atoms with Crippen LogP contribution in [0.3, 0.4) is 0 Å². The fraction of sp³-hybridized carbons (Fsp3) is 0.714. The predicted octanol–water partition coefficient (Wildman–Crippen LogP) is 4.24. The fourth-order valence-corrected chi connectivity index (χ4v) is 3.05. The van der Waals surface area contributed by atoms with Crippen molar-refractivity contribution in [1.29, 1.82) is 0 Å². The lowest BCUT2D eigenvalue weighted by atomic mass is 9.78. The lowest BCUT2D eigenvalue weighted by molar-refractivity contribution is 0.201. The Morgan fingerprint density at radius 1 is 1.35 bits per heavy atom. The van der Waals surface area contributed by atoms with Gasteiger partial charge < -0.3 is 9.73 Å². The summed E-state index contributed by atoms with van der Waals surface area (Å²) in [6.07, 6.45) is 5.37. The third-order valence-electron chi connectivity index (χ3n) is 3.84. The Morgan fingerprint density at radius 2 is 2.12 bits per heavy atom. The first-order chi connectivity index (χ1) is 8.16. The van der Waals surface area contributed by atoms with E-state index in [0.29, 0.717) is 11.3 Å². The first-order valence-electron chi connectivity index (χ1n) is 6.64. The van der Waals surface area contributed by atoms with Gasteiger partial charge in [0.2, 0.25) is 0 Å². The van der Waals surface area contributed by atoms with E-state index in [-0.39, 0.29) is 0 Å². The molecule has 3 heteroatoms. The highest BCUT2D eigenvalue weighted by molar-refractivity contribution is 6.28. The average Bonchev–Trinajstić information content (AvgIpc) is 2.73. The summed E-state index contributed by atoms with van der Waals surface area (Å²) in [4.78, 5) is 0. The van der Waals surface area contributed by atoms with Crippen molar-refractivity contribution in [2.24, 2.45) is 11.8 Å².